The minimum atomic E-state index is -0.423. The van der Waals surface area contributed by atoms with E-state index in [0.717, 1.165) is 13.1 Å². The van der Waals surface area contributed by atoms with Crippen LogP contribution in [0.5, 0.6) is 0 Å². The van der Waals surface area contributed by atoms with Crippen LogP contribution in [0.2, 0.25) is 0 Å². The summed E-state index contributed by atoms with van der Waals surface area (Å²) < 4.78 is 11.0. The van der Waals surface area contributed by atoms with Gasteiger partial charge < -0.3 is 9.47 Å². The number of ether oxygens (including phenoxy) is 2. The Bertz CT molecular complexity index is 281. The van der Waals surface area contributed by atoms with Gasteiger partial charge in [-0.25, -0.2) is 0 Å². The van der Waals surface area contributed by atoms with Gasteiger partial charge in [0.1, 0.15) is 11.6 Å². The number of carbonyl (C=O) groups excluding carboxylic acids is 1. The van der Waals surface area contributed by atoms with Crippen molar-refractivity contribution in [3.8, 4) is 0 Å². The predicted octanol–water partition coefficient (Wildman–Crippen LogP) is 1.83. The van der Waals surface area contributed by atoms with Crippen molar-refractivity contribution in [3.05, 3.63) is 0 Å². The zero-order valence-electron chi connectivity index (χ0n) is 11.9. The molecule has 0 aromatic rings. The molecule has 0 N–H and O–H groups in total. The summed E-state index contributed by atoms with van der Waals surface area (Å²) in [6.45, 7) is 13.9. The molecule has 1 heterocycles. The van der Waals surface area contributed by atoms with Crippen molar-refractivity contribution in [1.82, 2.24) is 4.90 Å². The molecule has 0 aromatic carbocycles. The van der Waals surface area contributed by atoms with Crippen LogP contribution in [0, 0.1) is 0 Å². The van der Waals surface area contributed by atoms with Crippen LogP contribution in [0.1, 0.15) is 41.5 Å². The fourth-order valence-electron chi connectivity index (χ4n) is 1.92. The van der Waals surface area contributed by atoms with Crippen LogP contribution in [0.4, 0.5) is 0 Å². The highest BCUT2D eigenvalue weighted by atomic mass is 16.6. The largest absolute Gasteiger partial charge is 0.459 e. The first-order chi connectivity index (χ1) is 7.61. The fourth-order valence-corrected chi connectivity index (χ4v) is 1.92. The summed E-state index contributed by atoms with van der Waals surface area (Å²) in [6, 6.07) is -0.211. The minimum Gasteiger partial charge on any atom is -0.459 e. The van der Waals surface area contributed by atoms with E-state index in [0.29, 0.717) is 6.61 Å². The van der Waals surface area contributed by atoms with Crippen LogP contribution in [0.25, 0.3) is 0 Å². The second-order valence-electron chi connectivity index (χ2n) is 6.29. The topological polar surface area (TPSA) is 38.8 Å². The van der Waals surface area contributed by atoms with Crippen LogP contribution < -0.4 is 0 Å². The smallest absolute Gasteiger partial charge is 0.323 e. The summed E-state index contributed by atoms with van der Waals surface area (Å²) in [5.74, 6) is -0.157. The Morgan fingerprint density at radius 2 is 2.00 bits per heavy atom. The van der Waals surface area contributed by atoms with Crippen molar-refractivity contribution in [2.75, 3.05) is 19.7 Å². The van der Waals surface area contributed by atoms with E-state index in [1.165, 1.54) is 0 Å². The molecule has 1 aliphatic rings. The second kappa shape index (κ2) is 4.94. The second-order valence-corrected chi connectivity index (χ2v) is 6.29. The van der Waals surface area contributed by atoms with Gasteiger partial charge in [-0.1, -0.05) is 0 Å². The number of hydrogen-bond acceptors (Lipinski definition) is 4. The molecule has 1 rings (SSSR count). The van der Waals surface area contributed by atoms with Crippen LogP contribution >= 0.6 is 0 Å². The average Bonchev–Trinajstić information content (AvgIpc) is 2.12. The number of morpholine rings is 1. The van der Waals surface area contributed by atoms with Gasteiger partial charge in [-0.3, -0.25) is 9.69 Å². The normalized spacial score (nSPS) is 23.2. The van der Waals surface area contributed by atoms with Crippen LogP contribution in [-0.4, -0.2) is 47.8 Å². The quantitative estimate of drug-likeness (QED) is 0.694. The molecular formula is C13H25NO3. The molecule has 1 saturated heterocycles. The van der Waals surface area contributed by atoms with Crippen molar-refractivity contribution in [2.24, 2.45) is 0 Å². The Morgan fingerprint density at radius 3 is 2.47 bits per heavy atom. The summed E-state index contributed by atoms with van der Waals surface area (Å²) >= 11 is 0. The number of nitrogens with zero attached hydrogens (tertiary/aromatic N) is 1. The van der Waals surface area contributed by atoms with E-state index >= 15 is 0 Å². The van der Waals surface area contributed by atoms with Gasteiger partial charge in [-0.15, -0.1) is 0 Å². The molecule has 0 aliphatic carbocycles. The fraction of sp³-hybridized carbons (Fsp3) is 0.923. The first kappa shape index (κ1) is 14.5. The van der Waals surface area contributed by atoms with Crippen molar-refractivity contribution in [2.45, 2.75) is 58.8 Å². The third-order valence-corrected chi connectivity index (χ3v) is 2.75. The summed E-state index contributed by atoms with van der Waals surface area (Å²) in [4.78, 5) is 14.1. The van der Waals surface area contributed by atoms with Gasteiger partial charge in [-0.05, 0) is 41.5 Å². The lowest BCUT2D eigenvalue weighted by Crippen LogP contribution is -2.54. The SMILES string of the molecule is CC(C(=O)OC(C)(C)C)N1CCOC(C)(C)C1. The molecule has 1 aliphatic heterocycles. The molecule has 1 fully saturated rings. The molecule has 0 aromatic heterocycles. The average molecular weight is 243 g/mol. The highest BCUT2D eigenvalue weighted by Gasteiger charge is 2.34. The first-order valence-corrected chi connectivity index (χ1v) is 6.22. The van der Waals surface area contributed by atoms with Gasteiger partial charge in [-0.2, -0.15) is 0 Å². The maximum Gasteiger partial charge on any atom is 0.323 e. The monoisotopic (exact) mass is 243 g/mol. The molecule has 100 valence electrons. The van der Waals surface area contributed by atoms with E-state index < -0.39 is 5.60 Å². The summed E-state index contributed by atoms with van der Waals surface area (Å²) in [5, 5.41) is 0. The summed E-state index contributed by atoms with van der Waals surface area (Å²) in [7, 11) is 0. The van der Waals surface area contributed by atoms with Crippen LogP contribution in [0.3, 0.4) is 0 Å². The van der Waals surface area contributed by atoms with Crippen molar-refractivity contribution in [3.63, 3.8) is 0 Å². The van der Waals surface area contributed by atoms with E-state index in [-0.39, 0.29) is 17.6 Å². The number of esters is 1. The number of carbonyl (C=O) groups is 1. The summed E-state index contributed by atoms with van der Waals surface area (Å²) in [5.41, 5.74) is -0.609. The Kier molecular flexibility index (Phi) is 4.20. The third-order valence-electron chi connectivity index (χ3n) is 2.75. The molecule has 4 nitrogen and oxygen atoms in total. The standard InChI is InChI=1S/C13H25NO3/c1-10(11(15)17-12(2,3)4)14-7-8-16-13(5,6)9-14/h10H,7-9H2,1-6H3. The van der Waals surface area contributed by atoms with E-state index in [1.807, 2.05) is 41.5 Å². The first-order valence-electron chi connectivity index (χ1n) is 6.22. The van der Waals surface area contributed by atoms with E-state index in [2.05, 4.69) is 4.90 Å². The summed E-state index contributed by atoms with van der Waals surface area (Å²) in [6.07, 6.45) is 0. The van der Waals surface area contributed by atoms with Gasteiger partial charge >= 0.3 is 5.97 Å². The molecule has 17 heavy (non-hydrogen) atoms. The molecular weight excluding hydrogens is 218 g/mol. The van der Waals surface area contributed by atoms with Gasteiger partial charge in [0.15, 0.2) is 0 Å². The van der Waals surface area contributed by atoms with E-state index in [4.69, 9.17) is 9.47 Å². The van der Waals surface area contributed by atoms with Crippen molar-refractivity contribution >= 4 is 5.97 Å². The number of rotatable bonds is 2. The number of hydrogen-bond donors (Lipinski definition) is 0. The zero-order valence-corrected chi connectivity index (χ0v) is 11.9. The van der Waals surface area contributed by atoms with Gasteiger partial charge in [0, 0.05) is 13.1 Å². The Morgan fingerprint density at radius 1 is 1.41 bits per heavy atom. The highest BCUT2D eigenvalue weighted by Crippen LogP contribution is 2.19. The van der Waals surface area contributed by atoms with Crippen molar-refractivity contribution < 1.29 is 14.3 Å². The van der Waals surface area contributed by atoms with Gasteiger partial charge in [0.05, 0.1) is 12.2 Å². The van der Waals surface area contributed by atoms with Crippen LogP contribution in [0.15, 0.2) is 0 Å². The maximum absolute atomic E-state index is 12.0. The molecule has 1 unspecified atom stereocenters. The lowest BCUT2D eigenvalue weighted by Gasteiger charge is -2.40. The highest BCUT2D eigenvalue weighted by molar-refractivity contribution is 5.75. The third kappa shape index (κ3) is 4.64. The van der Waals surface area contributed by atoms with E-state index in [1.54, 1.807) is 0 Å². The molecule has 0 radical (unpaired) electrons. The molecule has 0 saturated carbocycles. The molecule has 4 heteroatoms. The van der Waals surface area contributed by atoms with Crippen LogP contribution in [-0.2, 0) is 14.3 Å². The molecule has 0 amide bonds. The van der Waals surface area contributed by atoms with Crippen molar-refractivity contribution in [1.29, 1.82) is 0 Å². The lowest BCUT2D eigenvalue weighted by molar-refractivity contribution is -0.166. The Hall–Kier alpha value is -0.610. The van der Waals surface area contributed by atoms with Gasteiger partial charge in [0.25, 0.3) is 0 Å². The van der Waals surface area contributed by atoms with Gasteiger partial charge in [0.2, 0.25) is 0 Å². The lowest BCUT2D eigenvalue weighted by atomic mass is 10.1. The minimum absolute atomic E-state index is 0.157. The molecule has 1 atom stereocenters. The zero-order chi connectivity index (χ0) is 13.3. The maximum atomic E-state index is 12.0. The molecule has 0 bridgehead atoms. The predicted molar refractivity (Wildman–Crippen MR) is 66.9 cm³/mol. The molecule has 0 spiro atoms. The Labute approximate surface area is 104 Å². The Balaban J connectivity index is 2.57. The van der Waals surface area contributed by atoms with E-state index in [9.17, 15) is 4.79 Å².